The first-order valence-corrected chi connectivity index (χ1v) is 7.39. The number of aliphatic hydroxyl groups excluding tert-OH is 1. The maximum atomic E-state index is 7.57. The second-order valence-electron chi connectivity index (χ2n) is 4.26. The minimum absolute atomic E-state index is 0.250. The van der Waals surface area contributed by atoms with Crippen LogP contribution >= 0.6 is 0 Å². The van der Waals surface area contributed by atoms with E-state index in [-0.39, 0.29) is 6.61 Å². The molecule has 0 aliphatic rings. The first-order valence-electron chi connectivity index (χ1n) is 7.39. The Morgan fingerprint density at radius 3 is 1.90 bits per heavy atom. The molecule has 0 amide bonds. The number of hydrogen-bond acceptors (Lipinski definition) is 2. The summed E-state index contributed by atoms with van der Waals surface area (Å²) in [5.41, 5.74) is 3.66. The summed E-state index contributed by atoms with van der Waals surface area (Å²) in [7, 11) is 2.08. The van der Waals surface area contributed by atoms with Crippen LogP contribution in [-0.4, -0.2) is 30.2 Å². The van der Waals surface area contributed by atoms with Gasteiger partial charge in [-0.3, -0.25) is 0 Å². The molecule has 0 bridgehead atoms. The van der Waals surface area contributed by atoms with Crippen molar-refractivity contribution in [2.45, 2.75) is 48.5 Å². The van der Waals surface area contributed by atoms with Gasteiger partial charge in [0.15, 0.2) is 0 Å². The van der Waals surface area contributed by atoms with Crippen LogP contribution in [0.15, 0.2) is 47.7 Å². The fraction of sp³-hybridized carbons (Fsp3) is 0.556. The van der Waals surface area contributed by atoms with Crippen molar-refractivity contribution in [2.75, 3.05) is 20.2 Å². The smallest absolute Gasteiger partial charge is 0.0402 e. The highest BCUT2D eigenvalue weighted by molar-refractivity contribution is 5.31. The molecule has 0 aliphatic carbocycles. The number of nitrogens with zero attached hydrogens (tertiary/aromatic N) is 1. The lowest BCUT2D eigenvalue weighted by molar-refractivity contribution is 0.318. The molecule has 20 heavy (non-hydrogen) atoms. The Hall–Kier alpha value is -1.28. The molecular formula is C18H35NO. The zero-order valence-electron chi connectivity index (χ0n) is 14.8. The van der Waals surface area contributed by atoms with Crippen molar-refractivity contribution in [3.05, 3.63) is 47.7 Å². The summed E-state index contributed by atoms with van der Waals surface area (Å²) in [6, 6.07) is 0. The van der Waals surface area contributed by atoms with Crippen LogP contribution in [0.2, 0.25) is 0 Å². The molecule has 0 heterocycles. The van der Waals surface area contributed by atoms with Crippen molar-refractivity contribution in [1.29, 1.82) is 0 Å². The first-order chi connectivity index (χ1) is 9.38. The fourth-order valence-electron chi connectivity index (χ4n) is 1.01. The van der Waals surface area contributed by atoms with Crippen LogP contribution in [0.3, 0.4) is 0 Å². The lowest BCUT2D eigenvalue weighted by Gasteiger charge is -2.12. The van der Waals surface area contributed by atoms with Gasteiger partial charge in [-0.05, 0) is 45.8 Å². The average molecular weight is 281 g/mol. The molecule has 0 saturated carbocycles. The van der Waals surface area contributed by atoms with E-state index in [2.05, 4.69) is 51.6 Å². The van der Waals surface area contributed by atoms with E-state index in [0.717, 1.165) is 12.1 Å². The monoisotopic (exact) mass is 281 g/mol. The van der Waals surface area contributed by atoms with Crippen LogP contribution in [0.5, 0.6) is 0 Å². The van der Waals surface area contributed by atoms with E-state index >= 15 is 0 Å². The molecule has 0 spiro atoms. The van der Waals surface area contributed by atoms with Crippen LogP contribution in [0, 0.1) is 0 Å². The van der Waals surface area contributed by atoms with Crippen molar-refractivity contribution >= 4 is 0 Å². The summed E-state index contributed by atoms with van der Waals surface area (Å²) < 4.78 is 0. The standard InChI is InChI=1S/C14H23N.C2H6O.C2H6/c1-7-15(6)11-14(5)13(4)10-8-9-12(2)3;1-2-3;1-2/h8-11H,2,7H2,1,3-6H3;3H,2H2,1H3;1-2H3/b9-8-,13-10+,14-11-;;. The van der Waals surface area contributed by atoms with Crippen LogP contribution in [-0.2, 0) is 0 Å². The third-order valence-corrected chi connectivity index (χ3v) is 2.26. The highest BCUT2D eigenvalue weighted by Crippen LogP contribution is 2.09. The minimum atomic E-state index is 0.250. The van der Waals surface area contributed by atoms with Gasteiger partial charge in [-0.15, -0.1) is 0 Å². The van der Waals surface area contributed by atoms with Crippen LogP contribution in [0.1, 0.15) is 48.5 Å². The molecule has 2 nitrogen and oxygen atoms in total. The second kappa shape index (κ2) is 17.7. The van der Waals surface area contributed by atoms with Gasteiger partial charge in [-0.2, -0.15) is 0 Å². The Morgan fingerprint density at radius 1 is 1.10 bits per heavy atom. The predicted octanol–water partition coefficient (Wildman–Crippen LogP) is 4.95. The molecule has 0 unspecified atom stereocenters. The Labute approximate surface area is 127 Å². The molecule has 2 heteroatoms. The molecule has 118 valence electrons. The molecule has 0 radical (unpaired) electrons. The zero-order valence-corrected chi connectivity index (χ0v) is 14.8. The van der Waals surface area contributed by atoms with Gasteiger partial charge < -0.3 is 10.0 Å². The summed E-state index contributed by atoms with van der Waals surface area (Å²) in [4.78, 5) is 2.18. The van der Waals surface area contributed by atoms with Crippen molar-refractivity contribution in [3.8, 4) is 0 Å². The highest BCUT2D eigenvalue weighted by atomic mass is 16.2. The van der Waals surface area contributed by atoms with E-state index in [1.54, 1.807) is 6.92 Å². The van der Waals surface area contributed by atoms with E-state index in [1.807, 2.05) is 32.9 Å². The molecule has 0 aromatic rings. The van der Waals surface area contributed by atoms with Crippen molar-refractivity contribution in [1.82, 2.24) is 4.90 Å². The number of aliphatic hydroxyl groups is 1. The quantitative estimate of drug-likeness (QED) is 0.721. The van der Waals surface area contributed by atoms with Gasteiger partial charge in [0.2, 0.25) is 0 Å². The average Bonchev–Trinajstić information content (AvgIpc) is 2.41. The van der Waals surface area contributed by atoms with E-state index in [0.29, 0.717) is 0 Å². The van der Waals surface area contributed by atoms with Gasteiger partial charge in [-0.1, -0.05) is 44.2 Å². The van der Waals surface area contributed by atoms with Gasteiger partial charge in [0.1, 0.15) is 0 Å². The Morgan fingerprint density at radius 2 is 1.55 bits per heavy atom. The van der Waals surface area contributed by atoms with Gasteiger partial charge in [0.05, 0.1) is 0 Å². The molecule has 0 aromatic carbocycles. The van der Waals surface area contributed by atoms with Crippen LogP contribution < -0.4 is 0 Å². The largest absolute Gasteiger partial charge is 0.397 e. The van der Waals surface area contributed by atoms with E-state index in [9.17, 15) is 0 Å². The van der Waals surface area contributed by atoms with Crippen LogP contribution in [0.25, 0.3) is 0 Å². The van der Waals surface area contributed by atoms with E-state index < -0.39 is 0 Å². The van der Waals surface area contributed by atoms with E-state index in [4.69, 9.17) is 5.11 Å². The minimum Gasteiger partial charge on any atom is -0.397 e. The van der Waals surface area contributed by atoms with Gasteiger partial charge in [0.25, 0.3) is 0 Å². The maximum absolute atomic E-state index is 7.57. The Kier molecular flexibility index (Phi) is 21.1. The molecular weight excluding hydrogens is 246 g/mol. The van der Waals surface area contributed by atoms with Crippen LogP contribution in [0.4, 0.5) is 0 Å². The highest BCUT2D eigenvalue weighted by Gasteiger charge is 1.93. The number of hydrogen-bond donors (Lipinski definition) is 1. The fourth-order valence-corrected chi connectivity index (χ4v) is 1.01. The van der Waals surface area contributed by atoms with Crippen molar-refractivity contribution < 1.29 is 5.11 Å². The predicted molar refractivity (Wildman–Crippen MR) is 93.9 cm³/mol. The SMILES string of the molecule is C=C(C)\C=C/C=C(C)/C(C)=C\N(C)CC.CC.CCO. The lowest BCUT2D eigenvalue weighted by Crippen LogP contribution is -2.09. The van der Waals surface area contributed by atoms with Gasteiger partial charge >= 0.3 is 0 Å². The third-order valence-electron chi connectivity index (χ3n) is 2.26. The second-order valence-corrected chi connectivity index (χ2v) is 4.26. The molecule has 0 aliphatic heterocycles. The van der Waals surface area contributed by atoms with Gasteiger partial charge in [-0.25, -0.2) is 0 Å². The number of rotatable bonds is 5. The summed E-state index contributed by atoms with van der Waals surface area (Å²) in [6.07, 6.45) is 8.34. The first kappa shape index (κ1) is 23.8. The molecule has 0 rings (SSSR count). The lowest BCUT2D eigenvalue weighted by atomic mass is 10.1. The Bertz CT molecular complexity index is 311. The van der Waals surface area contributed by atoms with Gasteiger partial charge in [0, 0.05) is 26.4 Å². The number of allylic oxidation sites excluding steroid dienone is 6. The third kappa shape index (κ3) is 19.1. The molecule has 1 N–H and O–H groups in total. The molecule has 0 fully saturated rings. The normalized spacial score (nSPS) is 11.2. The summed E-state index contributed by atoms with van der Waals surface area (Å²) in [6.45, 7) is 19.2. The summed E-state index contributed by atoms with van der Waals surface area (Å²) in [5, 5.41) is 7.57. The molecule has 0 aromatic heterocycles. The molecule has 0 saturated heterocycles. The van der Waals surface area contributed by atoms with E-state index in [1.165, 1.54) is 11.1 Å². The Balaban J connectivity index is -0.000000505. The van der Waals surface area contributed by atoms with Crippen molar-refractivity contribution in [2.24, 2.45) is 0 Å². The maximum Gasteiger partial charge on any atom is 0.0402 e. The summed E-state index contributed by atoms with van der Waals surface area (Å²) >= 11 is 0. The summed E-state index contributed by atoms with van der Waals surface area (Å²) in [5.74, 6) is 0. The topological polar surface area (TPSA) is 23.5 Å². The zero-order chi connectivity index (χ0) is 16.6. The van der Waals surface area contributed by atoms with Crippen molar-refractivity contribution in [3.63, 3.8) is 0 Å². The molecule has 0 atom stereocenters.